The first-order valence-corrected chi connectivity index (χ1v) is 6.02. The first-order valence-electron chi connectivity index (χ1n) is 6.02. The van der Waals surface area contributed by atoms with Gasteiger partial charge >= 0.3 is 0 Å². The topological polar surface area (TPSA) is 49.4 Å². The number of rotatable bonds is 2. The Morgan fingerprint density at radius 1 is 1.00 bits per heavy atom. The number of nitrogens with one attached hydrogen (secondary N) is 1. The van der Waals surface area contributed by atoms with E-state index in [1.54, 1.807) is 24.3 Å². The van der Waals surface area contributed by atoms with Crippen LogP contribution in [0.3, 0.4) is 0 Å². The second-order valence-corrected chi connectivity index (χ2v) is 4.34. The average molecular weight is 252 g/mol. The van der Waals surface area contributed by atoms with Crippen LogP contribution in [0.2, 0.25) is 0 Å². The molecule has 2 aromatic carbocycles. The third-order valence-electron chi connectivity index (χ3n) is 3.07. The monoisotopic (exact) mass is 252 g/mol. The van der Waals surface area contributed by atoms with Gasteiger partial charge in [-0.2, -0.15) is 0 Å². The minimum absolute atomic E-state index is 0.120. The number of hydrogen-bond acceptors (Lipinski definition) is 2. The van der Waals surface area contributed by atoms with E-state index in [9.17, 15) is 9.59 Å². The van der Waals surface area contributed by atoms with Crippen LogP contribution in [-0.2, 0) is 11.2 Å². The van der Waals surface area contributed by atoms with Crippen molar-refractivity contribution >= 4 is 17.5 Å². The van der Waals surface area contributed by atoms with Crippen molar-refractivity contribution < 1.29 is 9.59 Å². The summed E-state index contributed by atoms with van der Waals surface area (Å²) in [7, 11) is 0. The van der Waals surface area contributed by atoms with Gasteiger partial charge in [-0.1, -0.05) is 36.4 Å². The molecule has 1 aliphatic rings. The van der Waals surface area contributed by atoms with Gasteiger partial charge in [0.2, 0.25) is 5.91 Å². The Hall–Kier alpha value is -2.62. The number of fused-ring (bicyclic) bond motifs is 1. The van der Waals surface area contributed by atoms with Crippen molar-refractivity contribution in [1.29, 1.82) is 0 Å². The van der Waals surface area contributed by atoms with Gasteiger partial charge in [-0.25, -0.2) is 5.01 Å². The molecule has 1 heterocycles. The molecule has 19 heavy (non-hydrogen) atoms. The Labute approximate surface area is 110 Å². The largest absolute Gasteiger partial charge is 0.272 e. The first-order chi connectivity index (χ1) is 9.25. The van der Waals surface area contributed by atoms with Gasteiger partial charge in [0.25, 0.3) is 5.91 Å². The van der Waals surface area contributed by atoms with E-state index >= 15 is 0 Å². The van der Waals surface area contributed by atoms with Crippen LogP contribution in [0, 0.1) is 0 Å². The van der Waals surface area contributed by atoms with E-state index < -0.39 is 0 Å². The molecule has 4 heteroatoms. The zero-order valence-corrected chi connectivity index (χ0v) is 10.2. The molecule has 1 N–H and O–H groups in total. The Bertz CT molecular complexity index is 638. The normalized spacial score (nSPS) is 13.3. The third-order valence-corrected chi connectivity index (χ3v) is 3.07. The number of nitrogens with zero attached hydrogens (tertiary/aromatic N) is 1. The molecule has 0 atom stereocenters. The molecule has 0 fully saturated rings. The Morgan fingerprint density at radius 3 is 2.47 bits per heavy atom. The number of anilines is 1. The van der Waals surface area contributed by atoms with Gasteiger partial charge in [-0.3, -0.25) is 15.0 Å². The molecule has 0 spiro atoms. The molecule has 0 unspecified atom stereocenters. The van der Waals surface area contributed by atoms with E-state index in [4.69, 9.17) is 0 Å². The number of carbonyl (C=O) groups is 2. The van der Waals surface area contributed by atoms with Gasteiger partial charge in [0.05, 0.1) is 12.1 Å². The standard InChI is InChI=1S/C15H12N2O2/c18-14-10-12-8-4-5-9-13(12)17(14)16-15(19)11-6-2-1-3-7-11/h1-9H,10H2,(H,16,19). The molecule has 0 radical (unpaired) electrons. The second kappa shape index (κ2) is 4.57. The van der Waals surface area contributed by atoms with Crippen molar-refractivity contribution in [3.05, 3.63) is 65.7 Å². The zero-order valence-electron chi connectivity index (χ0n) is 10.2. The number of amides is 2. The summed E-state index contributed by atoms with van der Waals surface area (Å²) in [6.07, 6.45) is 0.325. The summed E-state index contributed by atoms with van der Waals surface area (Å²) in [4.78, 5) is 24.0. The van der Waals surface area contributed by atoms with E-state index in [0.29, 0.717) is 12.0 Å². The minimum Gasteiger partial charge on any atom is -0.272 e. The van der Waals surface area contributed by atoms with Crippen LogP contribution in [-0.4, -0.2) is 11.8 Å². The van der Waals surface area contributed by atoms with Gasteiger partial charge in [-0.05, 0) is 23.8 Å². The summed E-state index contributed by atoms with van der Waals surface area (Å²) in [6.45, 7) is 0. The smallest absolute Gasteiger partial charge is 0.270 e. The lowest BCUT2D eigenvalue weighted by Crippen LogP contribution is -2.44. The Morgan fingerprint density at radius 2 is 1.68 bits per heavy atom. The number of para-hydroxylation sites is 1. The van der Waals surface area contributed by atoms with Crippen molar-refractivity contribution in [1.82, 2.24) is 5.43 Å². The summed E-state index contributed by atoms with van der Waals surface area (Å²) < 4.78 is 0. The van der Waals surface area contributed by atoms with Gasteiger partial charge in [0.15, 0.2) is 0 Å². The maximum Gasteiger partial charge on any atom is 0.270 e. The van der Waals surface area contributed by atoms with Crippen molar-refractivity contribution in [2.75, 3.05) is 5.01 Å². The molecule has 1 aliphatic heterocycles. The van der Waals surface area contributed by atoms with E-state index in [-0.39, 0.29) is 11.8 Å². The van der Waals surface area contributed by atoms with E-state index in [1.165, 1.54) is 5.01 Å². The Kier molecular flexibility index (Phi) is 2.76. The maximum absolute atomic E-state index is 12.1. The summed E-state index contributed by atoms with van der Waals surface area (Å²) in [5.41, 5.74) is 4.85. The quantitative estimate of drug-likeness (QED) is 0.887. The molecule has 2 aromatic rings. The summed E-state index contributed by atoms with van der Waals surface area (Å²) in [5.74, 6) is -0.406. The highest BCUT2D eigenvalue weighted by molar-refractivity contribution is 6.05. The molecule has 3 rings (SSSR count). The van der Waals surface area contributed by atoms with Crippen LogP contribution >= 0.6 is 0 Å². The van der Waals surface area contributed by atoms with Crippen molar-refractivity contribution in [3.63, 3.8) is 0 Å². The minimum atomic E-state index is -0.286. The van der Waals surface area contributed by atoms with Gasteiger partial charge in [-0.15, -0.1) is 0 Å². The first kappa shape index (κ1) is 11.5. The second-order valence-electron chi connectivity index (χ2n) is 4.34. The molecule has 0 saturated carbocycles. The van der Waals surface area contributed by atoms with E-state index in [2.05, 4.69) is 5.43 Å². The van der Waals surface area contributed by atoms with Crippen LogP contribution in [0.25, 0.3) is 0 Å². The van der Waals surface area contributed by atoms with Crippen LogP contribution in [0.15, 0.2) is 54.6 Å². The lowest BCUT2D eigenvalue weighted by atomic mass is 10.2. The fourth-order valence-corrected chi connectivity index (χ4v) is 2.13. The highest BCUT2D eigenvalue weighted by Gasteiger charge is 2.28. The van der Waals surface area contributed by atoms with E-state index in [0.717, 1.165) is 11.3 Å². The van der Waals surface area contributed by atoms with Crippen molar-refractivity contribution in [3.8, 4) is 0 Å². The molecule has 94 valence electrons. The molecule has 0 aliphatic carbocycles. The lowest BCUT2D eigenvalue weighted by Gasteiger charge is -2.18. The molecule has 0 saturated heterocycles. The predicted octanol–water partition coefficient (Wildman–Crippen LogP) is 1.92. The van der Waals surface area contributed by atoms with Gasteiger partial charge < -0.3 is 0 Å². The SMILES string of the molecule is O=C(NN1C(=O)Cc2ccccc21)c1ccccc1. The number of hydrogen-bond donors (Lipinski definition) is 1. The summed E-state index contributed by atoms with van der Waals surface area (Å²) in [5, 5.41) is 1.32. The van der Waals surface area contributed by atoms with Crippen LogP contribution < -0.4 is 10.4 Å². The zero-order chi connectivity index (χ0) is 13.2. The summed E-state index contributed by atoms with van der Waals surface area (Å²) in [6, 6.07) is 16.3. The molecule has 4 nitrogen and oxygen atoms in total. The fraction of sp³-hybridized carbons (Fsp3) is 0.0667. The maximum atomic E-state index is 12.1. The number of benzene rings is 2. The fourth-order valence-electron chi connectivity index (χ4n) is 2.13. The van der Waals surface area contributed by atoms with Gasteiger partial charge in [0.1, 0.15) is 0 Å². The number of carbonyl (C=O) groups excluding carboxylic acids is 2. The highest BCUT2D eigenvalue weighted by atomic mass is 16.2. The number of hydrazine groups is 1. The Balaban J connectivity index is 1.85. The molecular formula is C15H12N2O2. The van der Waals surface area contributed by atoms with Crippen LogP contribution in [0.1, 0.15) is 15.9 Å². The van der Waals surface area contributed by atoms with Crippen LogP contribution in [0.5, 0.6) is 0 Å². The molecule has 2 amide bonds. The molecule has 0 bridgehead atoms. The average Bonchev–Trinajstić information content (AvgIpc) is 2.76. The van der Waals surface area contributed by atoms with Crippen LogP contribution in [0.4, 0.5) is 5.69 Å². The highest BCUT2D eigenvalue weighted by Crippen LogP contribution is 2.26. The van der Waals surface area contributed by atoms with Crippen molar-refractivity contribution in [2.45, 2.75) is 6.42 Å². The summed E-state index contributed by atoms with van der Waals surface area (Å²) >= 11 is 0. The third kappa shape index (κ3) is 2.08. The van der Waals surface area contributed by atoms with Crippen molar-refractivity contribution in [2.24, 2.45) is 0 Å². The molecule has 0 aromatic heterocycles. The predicted molar refractivity (Wildman–Crippen MR) is 71.5 cm³/mol. The van der Waals surface area contributed by atoms with E-state index in [1.807, 2.05) is 30.3 Å². The van der Waals surface area contributed by atoms with Gasteiger partial charge in [0, 0.05) is 5.56 Å². The molecular weight excluding hydrogens is 240 g/mol. The lowest BCUT2D eigenvalue weighted by molar-refractivity contribution is -0.117.